The minimum absolute atomic E-state index is 0.0986. The number of nitrogens with zero attached hydrogens (tertiary/aromatic N) is 1. The number of nitrogen functional groups attached to an aromatic ring is 1. The van der Waals surface area contributed by atoms with Crippen molar-refractivity contribution in [2.75, 3.05) is 25.4 Å². The van der Waals surface area contributed by atoms with Crippen LogP contribution in [0.15, 0.2) is 24.3 Å². The third kappa shape index (κ3) is 3.49. The molecule has 2 N–H and O–H groups in total. The van der Waals surface area contributed by atoms with E-state index in [4.69, 9.17) is 10.5 Å². The minimum Gasteiger partial charge on any atom is -0.484 e. The molecule has 1 saturated carbocycles. The third-order valence-corrected chi connectivity index (χ3v) is 4.86. The van der Waals surface area contributed by atoms with E-state index in [2.05, 4.69) is 0 Å². The molecule has 114 valence electrons. The van der Waals surface area contributed by atoms with Gasteiger partial charge in [-0.3, -0.25) is 4.79 Å². The van der Waals surface area contributed by atoms with Crippen molar-refractivity contribution in [1.29, 1.82) is 0 Å². The lowest BCUT2D eigenvalue weighted by Gasteiger charge is -2.41. The van der Waals surface area contributed by atoms with E-state index in [0.29, 0.717) is 17.4 Å². The van der Waals surface area contributed by atoms with Gasteiger partial charge < -0.3 is 15.4 Å². The van der Waals surface area contributed by atoms with E-state index in [1.165, 1.54) is 25.7 Å². The number of amides is 1. The van der Waals surface area contributed by atoms with Crippen molar-refractivity contribution in [1.82, 2.24) is 4.90 Å². The van der Waals surface area contributed by atoms with Crippen LogP contribution in [-0.2, 0) is 4.79 Å². The summed E-state index contributed by atoms with van der Waals surface area (Å²) >= 11 is 0. The molecule has 0 aromatic heterocycles. The highest BCUT2D eigenvalue weighted by atomic mass is 16.5. The lowest BCUT2D eigenvalue weighted by molar-refractivity contribution is -0.136. The van der Waals surface area contributed by atoms with Crippen molar-refractivity contribution in [3.63, 3.8) is 0 Å². The highest BCUT2D eigenvalue weighted by Crippen LogP contribution is 2.36. The zero-order valence-electron chi connectivity index (χ0n) is 12.5. The van der Waals surface area contributed by atoms with Gasteiger partial charge in [-0.2, -0.15) is 0 Å². The molecule has 1 amide bonds. The molecule has 1 aliphatic carbocycles. The number of nitrogens with two attached hydrogens (primary N) is 1. The largest absolute Gasteiger partial charge is 0.484 e. The van der Waals surface area contributed by atoms with Crippen LogP contribution in [0, 0.1) is 11.8 Å². The van der Waals surface area contributed by atoms with Gasteiger partial charge in [0.1, 0.15) is 5.75 Å². The fourth-order valence-corrected chi connectivity index (χ4v) is 3.67. The Bertz CT molecular complexity index is 503. The van der Waals surface area contributed by atoms with Gasteiger partial charge in [0, 0.05) is 24.8 Å². The molecule has 2 fully saturated rings. The predicted molar refractivity (Wildman–Crippen MR) is 83.0 cm³/mol. The minimum atomic E-state index is 0.0986. The molecule has 4 heteroatoms. The fraction of sp³-hybridized carbons (Fsp3) is 0.588. The van der Waals surface area contributed by atoms with Gasteiger partial charge in [0.25, 0.3) is 5.91 Å². The van der Waals surface area contributed by atoms with Crippen LogP contribution in [0.1, 0.15) is 32.1 Å². The molecule has 1 heterocycles. The molecule has 1 aromatic rings. The highest BCUT2D eigenvalue weighted by Gasteiger charge is 2.32. The number of carbonyl (C=O) groups is 1. The van der Waals surface area contributed by atoms with E-state index in [-0.39, 0.29) is 12.5 Å². The van der Waals surface area contributed by atoms with Crippen molar-refractivity contribution < 1.29 is 9.53 Å². The summed E-state index contributed by atoms with van der Waals surface area (Å²) in [6, 6.07) is 7.23. The summed E-state index contributed by atoms with van der Waals surface area (Å²) in [4.78, 5) is 14.3. The highest BCUT2D eigenvalue weighted by molar-refractivity contribution is 5.78. The number of ether oxygens (including phenoxy) is 1. The predicted octanol–water partition coefficient (Wildman–Crippen LogP) is 2.69. The van der Waals surface area contributed by atoms with Crippen LogP contribution in [0.25, 0.3) is 0 Å². The number of benzene rings is 1. The number of likely N-dealkylation sites (tertiary alicyclic amines) is 1. The Hall–Kier alpha value is -1.71. The quantitative estimate of drug-likeness (QED) is 0.870. The Morgan fingerprint density at radius 1 is 1.24 bits per heavy atom. The topological polar surface area (TPSA) is 55.6 Å². The number of rotatable bonds is 3. The number of fused-ring (bicyclic) bond motifs is 1. The first kappa shape index (κ1) is 14.2. The van der Waals surface area contributed by atoms with Crippen LogP contribution in [0.2, 0.25) is 0 Å². The first-order valence-corrected chi connectivity index (χ1v) is 7.98. The molecule has 1 aromatic carbocycles. The normalized spacial score (nSPS) is 25.2. The Morgan fingerprint density at radius 2 is 2.05 bits per heavy atom. The van der Waals surface area contributed by atoms with Crippen molar-refractivity contribution in [3.05, 3.63) is 24.3 Å². The standard InChI is InChI=1S/C17H24N2O2/c18-15-6-3-7-16(10-15)21-12-17(20)19-9-8-13-4-1-2-5-14(13)11-19/h3,6-7,10,13-14H,1-2,4-5,8-9,11-12,18H2. The maximum Gasteiger partial charge on any atom is 0.260 e. The van der Waals surface area contributed by atoms with Gasteiger partial charge in [0.05, 0.1) is 0 Å². The molecule has 1 aliphatic heterocycles. The van der Waals surface area contributed by atoms with Gasteiger partial charge in [-0.1, -0.05) is 25.3 Å². The Labute approximate surface area is 126 Å². The Balaban J connectivity index is 1.51. The van der Waals surface area contributed by atoms with Crippen LogP contribution in [-0.4, -0.2) is 30.5 Å². The van der Waals surface area contributed by atoms with E-state index in [1.807, 2.05) is 23.1 Å². The van der Waals surface area contributed by atoms with Crippen molar-refractivity contribution in [2.45, 2.75) is 32.1 Å². The van der Waals surface area contributed by atoms with Gasteiger partial charge in [0.15, 0.2) is 6.61 Å². The van der Waals surface area contributed by atoms with E-state index < -0.39 is 0 Å². The number of carbonyl (C=O) groups excluding carboxylic acids is 1. The van der Waals surface area contributed by atoms with E-state index >= 15 is 0 Å². The van der Waals surface area contributed by atoms with Crippen molar-refractivity contribution >= 4 is 11.6 Å². The van der Waals surface area contributed by atoms with Crippen molar-refractivity contribution in [2.24, 2.45) is 11.8 Å². The van der Waals surface area contributed by atoms with Gasteiger partial charge in [-0.05, 0) is 36.8 Å². The molecule has 2 unspecified atom stereocenters. The lowest BCUT2D eigenvalue weighted by Crippen LogP contribution is -2.46. The Morgan fingerprint density at radius 3 is 2.86 bits per heavy atom. The Kier molecular flexibility index (Phi) is 4.32. The molecular weight excluding hydrogens is 264 g/mol. The second-order valence-corrected chi connectivity index (χ2v) is 6.29. The maximum atomic E-state index is 12.3. The number of anilines is 1. The average Bonchev–Trinajstić information content (AvgIpc) is 2.52. The summed E-state index contributed by atoms with van der Waals surface area (Å²) in [6.45, 7) is 1.92. The summed E-state index contributed by atoms with van der Waals surface area (Å²) < 4.78 is 5.57. The average molecular weight is 288 g/mol. The van der Waals surface area contributed by atoms with Crippen LogP contribution < -0.4 is 10.5 Å². The van der Waals surface area contributed by atoms with E-state index in [1.54, 1.807) is 6.07 Å². The van der Waals surface area contributed by atoms with E-state index in [0.717, 1.165) is 25.4 Å². The van der Waals surface area contributed by atoms with Crippen molar-refractivity contribution in [3.8, 4) is 5.75 Å². The van der Waals surface area contributed by atoms with Gasteiger partial charge in [-0.25, -0.2) is 0 Å². The molecule has 0 spiro atoms. The fourth-order valence-electron chi connectivity index (χ4n) is 3.67. The lowest BCUT2D eigenvalue weighted by atomic mass is 9.75. The van der Waals surface area contributed by atoms with Crippen LogP contribution in [0.5, 0.6) is 5.75 Å². The molecule has 2 aliphatic rings. The smallest absolute Gasteiger partial charge is 0.260 e. The van der Waals surface area contributed by atoms with Gasteiger partial charge in [-0.15, -0.1) is 0 Å². The number of hydrogen-bond acceptors (Lipinski definition) is 3. The summed E-state index contributed by atoms with van der Waals surface area (Å²) in [5.41, 5.74) is 6.36. The molecule has 0 radical (unpaired) electrons. The summed E-state index contributed by atoms with van der Waals surface area (Å²) in [5, 5.41) is 0. The number of piperidine rings is 1. The summed E-state index contributed by atoms with van der Waals surface area (Å²) in [7, 11) is 0. The summed E-state index contributed by atoms with van der Waals surface area (Å²) in [5.74, 6) is 2.32. The zero-order valence-corrected chi connectivity index (χ0v) is 12.5. The molecule has 21 heavy (non-hydrogen) atoms. The molecule has 0 bridgehead atoms. The van der Waals surface area contributed by atoms with Gasteiger partial charge in [0.2, 0.25) is 0 Å². The van der Waals surface area contributed by atoms with Crippen LogP contribution in [0.3, 0.4) is 0 Å². The number of hydrogen-bond donors (Lipinski definition) is 1. The molecule has 2 atom stereocenters. The van der Waals surface area contributed by atoms with Crippen LogP contribution >= 0.6 is 0 Å². The molecule has 1 saturated heterocycles. The SMILES string of the molecule is Nc1cccc(OCC(=O)N2CCC3CCCCC3C2)c1. The maximum absolute atomic E-state index is 12.3. The molecular formula is C17H24N2O2. The monoisotopic (exact) mass is 288 g/mol. The second-order valence-electron chi connectivity index (χ2n) is 6.29. The first-order chi connectivity index (χ1) is 10.2. The second kappa shape index (κ2) is 6.37. The van der Waals surface area contributed by atoms with Crippen LogP contribution in [0.4, 0.5) is 5.69 Å². The van der Waals surface area contributed by atoms with E-state index in [9.17, 15) is 4.79 Å². The molecule has 3 rings (SSSR count). The zero-order chi connectivity index (χ0) is 14.7. The third-order valence-electron chi connectivity index (χ3n) is 4.86. The van der Waals surface area contributed by atoms with Gasteiger partial charge >= 0.3 is 0 Å². The summed E-state index contributed by atoms with van der Waals surface area (Å²) in [6.07, 6.45) is 6.49. The molecule has 4 nitrogen and oxygen atoms in total. The first-order valence-electron chi connectivity index (χ1n) is 7.98.